The number of nitrogens with two attached hydrogens (primary N) is 1. The predicted octanol–water partition coefficient (Wildman–Crippen LogP) is 2.71. The van der Waals surface area contributed by atoms with Crippen LogP contribution in [0.15, 0.2) is 47.2 Å². The molecule has 2 aromatic rings. The summed E-state index contributed by atoms with van der Waals surface area (Å²) in [6.07, 6.45) is 5.38. The molecular weight excluding hydrogens is 380 g/mol. The topological polar surface area (TPSA) is 91.9 Å². The number of carbonyl (C=O) groups excluding carboxylic acids is 2. The van der Waals surface area contributed by atoms with Gasteiger partial charge >= 0.3 is 6.03 Å². The number of carbonyl (C=O) groups is 2. The van der Waals surface area contributed by atoms with E-state index in [4.69, 9.17) is 5.73 Å². The molecule has 1 saturated heterocycles. The van der Waals surface area contributed by atoms with E-state index in [-0.39, 0.29) is 11.7 Å². The summed E-state index contributed by atoms with van der Waals surface area (Å²) < 4.78 is 27.1. The molecular formula is C20H17F2N5O2. The highest BCUT2D eigenvalue weighted by atomic mass is 19.1. The molecule has 7 nitrogen and oxygen atoms in total. The first-order valence-corrected chi connectivity index (χ1v) is 8.92. The van der Waals surface area contributed by atoms with Gasteiger partial charge in [-0.1, -0.05) is 12.1 Å². The molecule has 1 atom stereocenters. The molecule has 0 aliphatic carbocycles. The SMILES string of the molecule is NC(=O)c1ccc(C=C2CN(C(=O)N3N=CC[C@H]3c3cc(F)cc(F)c3)C2)cn1. The summed E-state index contributed by atoms with van der Waals surface area (Å²) in [6, 6.07) is 5.63. The molecule has 1 aromatic carbocycles. The molecule has 0 spiro atoms. The van der Waals surface area contributed by atoms with Crippen LogP contribution < -0.4 is 5.73 Å². The highest BCUT2D eigenvalue weighted by molar-refractivity contribution is 5.90. The Kier molecular flexibility index (Phi) is 4.79. The number of benzene rings is 1. The van der Waals surface area contributed by atoms with Crippen LogP contribution in [0.25, 0.3) is 6.08 Å². The Morgan fingerprint density at radius 3 is 2.48 bits per heavy atom. The van der Waals surface area contributed by atoms with Crippen molar-refractivity contribution in [3.63, 3.8) is 0 Å². The number of halogens is 2. The maximum absolute atomic E-state index is 13.5. The summed E-state index contributed by atoms with van der Waals surface area (Å²) in [4.78, 5) is 29.4. The first kappa shape index (κ1) is 18.7. The molecule has 3 heterocycles. The van der Waals surface area contributed by atoms with E-state index >= 15 is 0 Å². The third kappa shape index (κ3) is 3.84. The van der Waals surface area contributed by atoms with Gasteiger partial charge in [0.05, 0.1) is 6.04 Å². The van der Waals surface area contributed by atoms with E-state index < -0.39 is 23.6 Å². The molecule has 148 valence electrons. The number of likely N-dealkylation sites (tertiary alicyclic amines) is 1. The first-order valence-electron chi connectivity index (χ1n) is 8.92. The summed E-state index contributed by atoms with van der Waals surface area (Å²) in [7, 11) is 0. The molecule has 4 rings (SSSR count). The van der Waals surface area contributed by atoms with Crippen molar-refractivity contribution in [2.45, 2.75) is 12.5 Å². The fourth-order valence-electron chi connectivity index (χ4n) is 3.33. The number of pyridine rings is 1. The summed E-state index contributed by atoms with van der Waals surface area (Å²) >= 11 is 0. The number of hydrogen-bond donors (Lipinski definition) is 1. The smallest absolute Gasteiger partial charge is 0.341 e. The number of primary amides is 1. The van der Waals surface area contributed by atoms with E-state index in [1.54, 1.807) is 17.2 Å². The largest absolute Gasteiger partial charge is 0.364 e. The number of hydrazone groups is 1. The lowest BCUT2D eigenvalue weighted by Crippen LogP contribution is -2.49. The average Bonchev–Trinajstić information content (AvgIpc) is 3.13. The van der Waals surface area contributed by atoms with Crippen LogP contribution in [0.4, 0.5) is 13.6 Å². The van der Waals surface area contributed by atoms with Crippen molar-refractivity contribution < 1.29 is 18.4 Å². The van der Waals surface area contributed by atoms with Crippen LogP contribution in [0.2, 0.25) is 0 Å². The standard InChI is InChI=1S/C20H17F2N5O2/c21-15-6-14(7-16(22)8-15)18-3-4-25-27(18)20(29)26-10-13(11-26)5-12-1-2-17(19(23)28)24-9-12/h1-2,4-9,18H,3,10-11H2,(H2,23,28)/t18-/m0/s1. The lowest BCUT2D eigenvalue weighted by atomic mass is 10.0. The van der Waals surface area contributed by atoms with Crippen molar-refractivity contribution in [2.75, 3.05) is 13.1 Å². The minimum absolute atomic E-state index is 0.185. The Morgan fingerprint density at radius 2 is 1.86 bits per heavy atom. The summed E-state index contributed by atoms with van der Waals surface area (Å²) in [5, 5.41) is 5.35. The molecule has 0 saturated carbocycles. The number of aromatic nitrogens is 1. The molecule has 0 radical (unpaired) electrons. The lowest BCUT2D eigenvalue weighted by molar-refractivity contribution is 0.0995. The Morgan fingerprint density at radius 1 is 1.14 bits per heavy atom. The number of hydrogen-bond acceptors (Lipinski definition) is 4. The van der Waals surface area contributed by atoms with Gasteiger partial charge in [-0.2, -0.15) is 5.10 Å². The average molecular weight is 397 g/mol. The second-order valence-electron chi connectivity index (χ2n) is 6.88. The van der Waals surface area contributed by atoms with Crippen LogP contribution in [-0.2, 0) is 0 Å². The molecule has 2 aliphatic rings. The second kappa shape index (κ2) is 7.42. The molecule has 2 N–H and O–H groups in total. The first-order chi connectivity index (χ1) is 13.9. The predicted molar refractivity (Wildman–Crippen MR) is 102 cm³/mol. The fourth-order valence-corrected chi connectivity index (χ4v) is 3.33. The monoisotopic (exact) mass is 397 g/mol. The zero-order valence-electron chi connectivity index (χ0n) is 15.3. The van der Waals surface area contributed by atoms with E-state index in [1.165, 1.54) is 29.4 Å². The van der Waals surface area contributed by atoms with E-state index in [1.807, 2.05) is 6.08 Å². The van der Waals surface area contributed by atoms with Gasteiger partial charge < -0.3 is 10.6 Å². The molecule has 0 unspecified atom stereocenters. The Bertz CT molecular complexity index is 1010. The highest BCUT2D eigenvalue weighted by Crippen LogP contribution is 2.31. The van der Waals surface area contributed by atoms with Crippen LogP contribution in [-0.4, -0.2) is 46.1 Å². The van der Waals surface area contributed by atoms with Crippen molar-refractivity contribution >= 4 is 24.2 Å². The molecule has 0 bridgehead atoms. The molecule has 1 aromatic heterocycles. The summed E-state index contributed by atoms with van der Waals surface area (Å²) in [6.45, 7) is 0.819. The Labute approximate surface area is 165 Å². The number of urea groups is 1. The fraction of sp³-hybridized carbons (Fsp3) is 0.200. The highest BCUT2D eigenvalue weighted by Gasteiger charge is 2.35. The van der Waals surface area contributed by atoms with Gasteiger partial charge in [-0.05, 0) is 34.9 Å². The van der Waals surface area contributed by atoms with Gasteiger partial charge in [-0.15, -0.1) is 0 Å². The Hall–Kier alpha value is -3.62. The van der Waals surface area contributed by atoms with E-state index in [0.29, 0.717) is 25.1 Å². The van der Waals surface area contributed by atoms with Crippen molar-refractivity contribution in [1.29, 1.82) is 0 Å². The maximum atomic E-state index is 13.5. The zero-order valence-corrected chi connectivity index (χ0v) is 15.3. The summed E-state index contributed by atoms with van der Waals surface area (Å²) in [5.74, 6) is -1.97. The minimum atomic E-state index is -0.690. The third-order valence-corrected chi connectivity index (χ3v) is 4.76. The van der Waals surface area contributed by atoms with Crippen LogP contribution in [0.5, 0.6) is 0 Å². The van der Waals surface area contributed by atoms with Gasteiger partial charge in [0.25, 0.3) is 5.91 Å². The minimum Gasteiger partial charge on any atom is -0.364 e. The molecule has 3 amide bonds. The van der Waals surface area contributed by atoms with Crippen molar-refractivity contribution in [3.8, 4) is 0 Å². The van der Waals surface area contributed by atoms with E-state index in [9.17, 15) is 18.4 Å². The van der Waals surface area contributed by atoms with Gasteiger partial charge in [-0.3, -0.25) is 9.78 Å². The van der Waals surface area contributed by atoms with Crippen LogP contribution >= 0.6 is 0 Å². The molecule has 29 heavy (non-hydrogen) atoms. The quantitative estimate of drug-likeness (QED) is 0.863. The molecule has 2 aliphatic heterocycles. The summed E-state index contributed by atoms with van der Waals surface area (Å²) in [5.41, 5.74) is 7.51. The van der Waals surface area contributed by atoms with E-state index in [0.717, 1.165) is 17.2 Å². The normalized spacial score (nSPS) is 18.0. The Balaban J connectivity index is 1.42. The van der Waals surface area contributed by atoms with Gasteiger partial charge in [0.1, 0.15) is 17.3 Å². The zero-order chi connectivity index (χ0) is 20.5. The van der Waals surface area contributed by atoms with Crippen molar-refractivity contribution in [1.82, 2.24) is 14.9 Å². The number of nitrogens with zero attached hydrogens (tertiary/aromatic N) is 4. The second-order valence-corrected chi connectivity index (χ2v) is 6.88. The number of rotatable bonds is 3. The van der Waals surface area contributed by atoms with Gasteiger partial charge in [0, 0.05) is 38.0 Å². The number of amides is 3. The maximum Gasteiger partial charge on any atom is 0.341 e. The molecule has 9 heteroatoms. The van der Waals surface area contributed by atoms with Crippen LogP contribution in [0.3, 0.4) is 0 Å². The van der Waals surface area contributed by atoms with Gasteiger partial charge in [0.15, 0.2) is 0 Å². The lowest BCUT2D eigenvalue weighted by Gasteiger charge is -2.37. The van der Waals surface area contributed by atoms with E-state index in [2.05, 4.69) is 10.1 Å². The molecule has 1 fully saturated rings. The third-order valence-electron chi connectivity index (χ3n) is 4.76. The van der Waals surface area contributed by atoms with Gasteiger partial charge in [-0.25, -0.2) is 18.6 Å². The van der Waals surface area contributed by atoms with Crippen molar-refractivity contribution in [2.24, 2.45) is 10.8 Å². The van der Waals surface area contributed by atoms with Crippen molar-refractivity contribution in [3.05, 3.63) is 70.6 Å². The van der Waals surface area contributed by atoms with Crippen LogP contribution in [0.1, 0.15) is 34.1 Å². The van der Waals surface area contributed by atoms with Crippen LogP contribution in [0, 0.1) is 11.6 Å². The van der Waals surface area contributed by atoms with Gasteiger partial charge in [0.2, 0.25) is 0 Å².